The number of amides is 1. The van der Waals surface area contributed by atoms with Crippen molar-refractivity contribution >= 4 is 39.5 Å². The first-order valence-electron chi connectivity index (χ1n) is 14.8. The summed E-state index contributed by atoms with van der Waals surface area (Å²) in [5, 5.41) is 4.43. The number of carbonyl (C=O) groups excluding carboxylic acids is 1. The number of hydrogen-bond acceptors (Lipinski definition) is 7. The van der Waals surface area contributed by atoms with Gasteiger partial charge in [-0.05, 0) is 80.0 Å². The smallest absolute Gasteiger partial charge is 0.254 e. The lowest BCUT2D eigenvalue weighted by Crippen LogP contribution is -2.41. The topological polar surface area (TPSA) is 116 Å². The van der Waals surface area contributed by atoms with Gasteiger partial charge >= 0.3 is 0 Å². The Morgan fingerprint density at radius 3 is 2.74 bits per heavy atom. The van der Waals surface area contributed by atoms with E-state index < -0.39 is 0 Å². The van der Waals surface area contributed by atoms with E-state index in [-0.39, 0.29) is 19.4 Å². The summed E-state index contributed by atoms with van der Waals surface area (Å²) in [6.45, 7) is 1.61. The first kappa shape index (κ1) is 25.3. The monoisotopic (exact) mass is 564 g/mol. The van der Waals surface area contributed by atoms with Crippen LogP contribution in [0.5, 0.6) is 5.75 Å². The minimum absolute atomic E-state index is 0. The standard InChI is InChI=1S/C32H34N8O2.H2/c1-38-29-23(12-21(14-26(29)42-2)32(41)40-17-20-7-9-24(40)28(20)33)36-31(38)25-13-19-8-10-27(35-22-4-3-11-34-15-22)37-30(19)39(25)16-18-5-6-18;/h3-4,8,10-15,18,20,24,28H,5-7,9,16-17,33H2,1-2H3,(H,35,37);1H/t20?,24?,28-;/m1./s1. The number of fused-ring (bicyclic) bond motifs is 4. The van der Waals surface area contributed by atoms with Gasteiger partial charge in [-0.2, -0.15) is 0 Å². The molecule has 10 nitrogen and oxygen atoms in total. The van der Waals surface area contributed by atoms with Crippen molar-refractivity contribution < 1.29 is 11.0 Å². The van der Waals surface area contributed by atoms with Gasteiger partial charge in [0.2, 0.25) is 0 Å². The van der Waals surface area contributed by atoms with Crippen LogP contribution < -0.4 is 15.8 Å². The third-order valence-electron chi connectivity index (χ3n) is 9.36. The molecule has 2 saturated carbocycles. The number of methoxy groups -OCH3 is 1. The average molecular weight is 565 g/mol. The van der Waals surface area contributed by atoms with E-state index in [1.54, 1.807) is 19.5 Å². The summed E-state index contributed by atoms with van der Waals surface area (Å²) in [6.07, 6.45) is 8.06. The summed E-state index contributed by atoms with van der Waals surface area (Å²) < 4.78 is 10.2. The Balaban J connectivity index is 0.00000300. The number of benzene rings is 1. The summed E-state index contributed by atoms with van der Waals surface area (Å²) in [5.41, 5.74) is 11.4. The number of rotatable bonds is 7. The van der Waals surface area contributed by atoms with E-state index in [9.17, 15) is 4.79 Å². The molecule has 1 aromatic carbocycles. The van der Waals surface area contributed by atoms with E-state index in [0.717, 1.165) is 71.0 Å². The van der Waals surface area contributed by atoms with Crippen LogP contribution in [0.25, 0.3) is 33.6 Å². The first-order valence-corrected chi connectivity index (χ1v) is 14.8. The summed E-state index contributed by atoms with van der Waals surface area (Å²) >= 11 is 0. The Morgan fingerprint density at radius 2 is 2.02 bits per heavy atom. The Kier molecular flexibility index (Phi) is 5.75. The minimum atomic E-state index is 0. The summed E-state index contributed by atoms with van der Waals surface area (Å²) in [4.78, 5) is 30.0. The Hall–Kier alpha value is -4.44. The summed E-state index contributed by atoms with van der Waals surface area (Å²) in [5.74, 6) is 3.25. The normalized spacial score (nSPS) is 21.5. The molecule has 1 saturated heterocycles. The highest BCUT2D eigenvalue weighted by Crippen LogP contribution is 2.40. The third-order valence-corrected chi connectivity index (χ3v) is 9.36. The number of nitrogens with zero attached hydrogens (tertiary/aromatic N) is 6. The number of carbonyl (C=O) groups is 1. The Labute approximate surface area is 245 Å². The number of aromatic nitrogens is 5. The fourth-order valence-electron chi connectivity index (χ4n) is 6.98. The van der Waals surface area contributed by atoms with E-state index in [1.807, 2.05) is 42.3 Å². The second-order valence-corrected chi connectivity index (χ2v) is 12.0. The minimum Gasteiger partial charge on any atom is -0.494 e. The largest absolute Gasteiger partial charge is 0.494 e. The van der Waals surface area contributed by atoms with Gasteiger partial charge in [0.1, 0.15) is 22.7 Å². The van der Waals surface area contributed by atoms with E-state index in [4.69, 9.17) is 20.4 Å². The van der Waals surface area contributed by atoms with Crippen molar-refractivity contribution in [3.63, 3.8) is 0 Å². The highest BCUT2D eigenvalue weighted by molar-refractivity contribution is 6.00. The lowest BCUT2D eigenvalue weighted by molar-refractivity contribution is 0.0700. The molecular weight excluding hydrogens is 528 g/mol. The van der Waals surface area contributed by atoms with E-state index in [0.29, 0.717) is 23.1 Å². The van der Waals surface area contributed by atoms with E-state index >= 15 is 0 Å². The van der Waals surface area contributed by atoms with Gasteiger partial charge in [-0.3, -0.25) is 9.78 Å². The molecule has 2 unspecified atom stereocenters. The van der Waals surface area contributed by atoms with Crippen LogP contribution in [0.1, 0.15) is 37.5 Å². The number of nitrogens with one attached hydrogen (secondary N) is 1. The number of anilines is 2. The van der Waals surface area contributed by atoms with Crippen molar-refractivity contribution in [3.05, 3.63) is 60.4 Å². The molecule has 0 radical (unpaired) electrons. The zero-order valence-corrected chi connectivity index (χ0v) is 23.8. The lowest BCUT2D eigenvalue weighted by atomic mass is 10.1. The van der Waals surface area contributed by atoms with Crippen molar-refractivity contribution in [3.8, 4) is 17.3 Å². The number of pyridine rings is 2. The molecule has 42 heavy (non-hydrogen) atoms. The van der Waals surface area contributed by atoms with Gasteiger partial charge < -0.3 is 29.8 Å². The molecule has 10 heteroatoms. The van der Waals surface area contributed by atoms with Gasteiger partial charge in [0.15, 0.2) is 5.82 Å². The van der Waals surface area contributed by atoms with Gasteiger partial charge in [-0.1, -0.05) is 0 Å². The molecule has 3 N–H and O–H groups in total. The molecule has 216 valence electrons. The molecule has 3 aliphatic rings. The highest BCUT2D eigenvalue weighted by Gasteiger charge is 2.47. The number of likely N-dealkylation sites (tertiary alicyclic amines) is 1. The quantitative estimate of drug-likeness (QED) is 0.287. The number of hydrogen-bond donors (Lipinski definition) is 2. The second-order valence-electron chi connectivity index (χ2n) is 12.0. The molecule has 5 aromatic rings. The number of imidazole rings is 1. The molecule has 3 fully saturated rings. The number of piperidine rings is 1. The zero-order chi connectivity index (χ0) is 28.5. The van der Waals surface area contributed by atoms with Crippen LogP contribution in [0, 0.1) is 11.8 Å². The zero-order valence-electron chi connectivity index (χ0n) is 23.8. The predicted octanol–water partition coefficient (Wildman–Crippen LogP) is 4.95. The maximum Gasteiger partial charge on any atom is 0.254 e. The summed E-state index contributed by atoms with van der Waals surface area (Å²) in [6, 6.07) is 14.1. The van der Waals surface area contributed by atoms with Crippen molar-refractivity contribution in [2.45, 2.75) is 44.3 Å². The number of ether oxygens (including phenoxy) is 1. The summed E-state index contributed by atoms with van der Waals surface area (Å²) in [7, 11) is 3.66. The van der Waals surface area contributed by atoms with Gasteiger partial charge in [-0.15, -0.1) is 0 Å². The molecule has 4 aromatic heterocycles. The molecule has 2 bridgehead atoms. The van der Waals surface area contributed by atoms with Crippen molar-refractivity contribution in [1.29, 1.82) is 0 Å². The van der Waals surface area contributed by atoms with Gasteiger partial charge in [-0.25, -0.2) is 9.97 Å². The van der Waals surface area contributed by atoms with Crippen LogP contribution in [0.4, 0.5) is 11.5 Å². The molecule has 1 aliphatic heterocycles. The van der Waals surface area contributed by atoms with Crippen LogP contribution in [0.3, 0.4) is 0 Å². The molecule has 3 atom stereocenters. The van der Waals surface area contributed by atoms with E-state index in [1.165, 1.54) is 12.8 Å². The average Bonchev–Trinajstić information content (AvgIpc) is 3.42. The Morgan fingerprint density at radius 1 is 1.14 bits per heavy atom. The molecule has 1 amide bonds. The van der Waals surface area contributed by atoms with Crippen LogP contribution in [0.2, 0.25) is 0 Å². The predicted molar refractivity (Wildman–Crippen MR) is 164 cm³/mol. The fraction of sp³-hybridized carbons (Fsp3) is 0.375. The molecule has 0 spiro atoms. The maximum absolute atomic E-state index is 13.7. The van der Waals surface area contributed by atoms with Crippen LogP contribution in [-0.4, -0.2) is 60.6 Å². The van der Waals surface area contributed by atoms with Crippen LogP contribution >= 0.6 is 0 Å². The number of nitrogens with two attached hydrogens (primary N) is 1. The third kappa shape index (κ3) is 4.04. The first-order chi connectivity index (χ1) is 20.5. The highest BCUT2D eigenvalue weighted by atomic mass is 16.5. The van der Waals surface area contributed by atoms with Crippen molar-refractivity contribution in [1.82, 2.24) is 29.0 Å². The molecule has 8 rings (SSSR count). The molecule has 2 aliphatic carbocycles. The fourth-order valence-corrected chi connectivity index (χ4v) is 6.98. The van der Waals surface area contributed by atoms with E-state index in [2.05, 4.69) is 31.6 Å². The van der Waals surface area contributed by atoms with Gasteiger partial charge in [0.25, 0.3) is 5.91 Å². The van der Waals surface area contributed by atoms with Gasteiger partial charge in [0, 0.05) is 50.8 Å². The van der Waals surface area contributed by atoms with Crippen molar-refractivity contribution in [2.24, 2.45) is 24.6 Å². The lowest BCUT2D eigenvalue weighted by Gasteiger charge is -2.27. The number of aryl methyl sites for hydroxylation is 1. The van der Waals surface area contributed by atoms with Crippen LogP contribution in [0.15, 0.2) is 54.9 Å². The molecule has 5 heterocycles. The van der Waals surface area contributed by atoms with Crippen LogP contribution in [-0.2, 0) is 13.6 Å². The SMILES string of the molecule is COc1cc(C(=O)N2CC3CCC2[C@@H]3N)cc2nc(-c3cc4ccc(Nc5cccnc5)nc4n3CC3CC3)n(C)c12.[HH]. The maximum atomic E-state index is 13.7. The molecular formula is C32H36N8O2. The van der Waals surface area contributed by atoms with Gasteiger partial charge in [0.05, 0.1) is 30.2 Å². The second kappa shape index (κ2) is 9.55. The van der Waals surface area contributed by atoms with Crippen molar-refractivity contribution in [2.75, 3.05) is 19.0 Å². The Bertz CT molecular complexity index is 1850.